The second kappa shape index (κ2) is 5.95. The van der Waals surface area contributed by atoms with Crippen molar-refractivity contribution in [1.82, 2.24) is 4.72 Å². The molecule has 0 aliphatic carbocycles. The van der Waals surface area contributed by atoms with Gasteiger partial charge in [-0.05, 0) is 36.2 Å². The van der Waals surface area contributed by atoms with E-state index >= 15 is 0 Å². The molecule has 4 nitrogen and oxygen atoms in total. The van der Waals surface area contributed by atoms with Crippen LogP contribution >= 0.6 is 15.9 Å². The molecule has 0 aromatic heterocycles. The van der Waals surface area contributed by atoms with E-state index in [1.54, 1.807) is 25.1 Å². The van der Waals surface area contributed by atoms with Crippen LogP contribution in [0.2, 0.25) is 0 Å². The van der Waals surface area contributed by atoms with Gasteiger partial charge in [0.1, 0.15) is 0 Å². The summed E-state index contributed by atoms with van der Waals surface area (Å²) in [5, 5.41) is 0. The molecule has 2 aromatic rings. The average Bonchev–Trinajstić information content (AvgIpc) is 2.41. The second-order valence-electron chi connectivity index (χ2n) is 4.39. The second-order valence-corrected chi connectivity index (χ2v) is 6.98. The van der Waals surface area contributed by atoms with Crippen molar-refractivity contribution in [1.29, 1.82) is 0 Å². The Balaban J connectivity index is 2.24. The van der Waals surface area contributed by atoms with Crippen molar-refractivity contribution < 1.29 is 8.42 Å². The summed E-state index contributed by atoms with van der Waals surface area (Å²) in [4.78, 5) is 0.213. The molecule has 0 aliphatic rings. The zero-order valence-corrected chi connectivity index (χ0v) is 13.3. The predicted molar refractivity (Wildman–Crippen MR) is 83.8 cm³/mol. The number of hydrogen-bond acceptors (Lipinski definition) is 3. The fourth-order valence-corrected chi connectivity index (χ4v) is 3.52. The largest absolute Gasteiger partial charge is 0.398 e. The van der Waals surface area contributed by atoms with Crippen LogP contribution in [-0.4, -0.2) is 8.42 Å². The molecule has 0 saturated carbocycles. The van der Waals surface area contributed by atoms with E-state index in [1.807, 2.05) is 24.3 Å². The lowest BCUT2D eigenvalue weighted by Crippen LogP contribution is -2.24. The minimum absolute atomic E-state index is 0.213. The van der Waals surface area contributed by atoms with Gasteiger partial charge in [0.2, 0.25) is 10.0 Å². The van der Waals surface area contributed by atoms with E-state index < -0.39 is 10.0 Å². The van der Waals surface area contributed by atoms with Crippen LogP contribution in [0.25, 0.3) is 0 Å². The highest BCUT2D eigenvalue weighted by atomic mass is 79.9. The third-order valence-electron chi connectivity index (χ3n) is 3.03. The van der Waals surface area contributed by atoms with Crippen molar-refractivity contribution in [2.45, 2.75) is 18.4 Å². The number of rotatable bonds is 4. The molecule has 0 bridgehead atoms. The molecule has 0 saturated heterocycles. The minimum atomic E-state index is -3.58. The number of sulfonamides is 1. The lowest BCUT2D eigenvalue weighted by atomic mass is 10.2. The van der Waals surface area contributed by atoms with E-state index in [2.05, 4.69) is 20.7 Å². The van der Waals surface area contributed by atoms with E-state index in [-0.39, 0.29) is 11.4 Å². The van der Waals surface area contributed by atoms with Crippen LogP contribution in [0.5, 0.6) is 0 Å². The molecule has 0 aliphatic heterocycles. The topological polar surface area (TPSA) is 72.2 Å². The predicted octanol–water partition coefficient (Wildman–Crippen LogP) is 2.82. The minimum Gasteiger partial charge on any atom is -0.398 e. The SMILES string of the molecule is Cc1c(N)cccc1S(=O)(=O)NCc1ccccc1Br. The molecule has 0 heterocycles. The molecule has 2 rings (SSSR count). The van der Waals surface area contributed by atoms with Crippen molar-refractivity contribution in [3.05, 3.63) is 58.1 Å². The van der Waals surface area contributed by atoms with E-state index in [0.717, 1.165) is 10.0 Å². The van der Waals surface area contributed by atoms with Gasteiger partial charge in [-0.15, -0.1) is 0 Å². The number of nitrogens with one attached hydrogen (secondary N) is 1. The maximum absolute atomic E-state index is 12.3. The van der Waals surface area contributed by atoms with E-state index in [1.165, 1.54) is 0 Å². The van der Waals surface area contributed by atoms with Gasteiger partial charge in [0.25, 0.3) is 0 Å². The number of halogens is 1. The number of nitrogens with two attached hydrogens (primary N) is 1. The number of anilines is 1. The van der Waals surface area contributed by atoms with Gasteiger partial charge < -0.3 is 5.73 Å². The molecule has 106 valence electrons. The van der Waals surface area contributed by atoms with Gasteiger partial charge in [0.05, 0.1) is 4.90 Å². The molecule has 6 heteroatoms. The summed E-state index contributed by atoms with van der Waals surface area (Å²) in [5.41, 5.74) is 7.65. The standard InChI is InChI=1S/C14H15BrN2O2S/c1-10-13(16)7-4-8-14(10)20(18,19)17-9-11-5-2-3-6-12(11)15/h2-8,17H,9,16H2,1H3. The van der Waals surface area contributed by atoms with Crippen molar-refractivity contribution in [3.8, 4) is 0 Å². The molecule has 0 spiro atoms. The highest BCUT2D eigenvalue weighted by Gasteiger charge is 2.17. The molecule has 0 radical (unpaired) electrons. The first-order valence-corrected chi connectivity index (χ1v) is 8.27. The van der Waals surface area contributed by atoms with Crippen LogP contribution in [0.3, 0.4) is 0 Å². The zero-order chi connectivity index (χ0) is 14.8. The number of nitrogen functional groups attached to an aromatic ring is 1. The number of benzene rings is 2. The molecular formula is C14H15BrN2O2S. The zero-order valence-electron chi connectivity index (χ0n) is 10.9. The van der Waals surface area contributed by atoms with Crippen molar-refractivity contribution in [3.63, 3.8) is 0 Å². The van der Waals surface area contributed by atoms with Crippen LogP contribution in [0.1, 0.15) is 11.1 Å². The van der Waals surface area contributed by atoms with Crippen LogP contribution in [0.15, 0.2) is 51.8 Å². The van der Waals surface area contributed by atoms with Gasteiger partial charge in [0, 0.05) is 16.7 Å². The third kappa shape index (κ3) is 3.20. The molecule has 2 aromatic carbocycles. The van der Waals surface area contributed by atoms with Gasteiger partial charge in [-0.25, -0.2) is 13.1 Å². The van der Waals surface area contributed by atoms with Crippen LogP contribution in [0, 0.1) is 6.92 Å². The Hall–Kier alpha value is -1.37. The van der Waals surface area contributed by atoms with Crippen LogP contribution < -0.4 is 10.5 Å². The monoisotopic (exact) mass is 354 g/mol. The fraction of sp³-hybridized carbons (Fsp3) is 0.143. The van der Waals surface area contributed by atoms with Crippen molar-refractivity contribution in [2.24, 2.45) is 0 Å². The molecule has 0 amide bonds. The Labute approximate surface area is 127 Å². The van der Waals surface area contributed by atoms with Gasteiger partial charge in [-0.3, -0.25) is 0 Å². The average molecular weight is 355 g/mol. The van der Waals surface area contributed by atoms with E-state index in [9.17, 15) is 8.42 Å². The maximum Gasteiger partial charge on any atom is 0.241 e. The smallest absolute Gasteiger partial charge is 0.241 e. The molecular weight excluding hydrogens is 340 g/mol. The molecule has 3 N–H and O–H groups in total. The van der Waals surface area contributed by atoms with Gasteiger partial charge in [-0.2, -0.15) is 0 Å². The molecule has 0 unspecified atom stereocenters. The Kier molecular flexibility index (Phi) is 4.47. The Morgan fingerprint density at radius 3 is 2.55 bits per heavy atom. The molecule has 0 atom stereocenters. The molecule has 0 fully saturated rings. The lowest BCUT2D eigenvalue weighted by Gasteiger charge is -2.11. The van der Waals surface area contributed by atoms with Gasteiger partial charge in [-0.1, -0.05) is 40.2 Å². The summed E-state index contributed by atoms with van der Waals surface area (Å²) in [6, 6.07) is 12.3. The summed E-state index contributed by atoms with van der Waals surface area (Å²) < 4.78 is 28.1. The van der Waals surface area contributed by atoms with E-state index in [0.29, 0.717) is 11.3 Å². The summed E-state index contributed by atoms with van der Waals surface area (Å²) in [5.74, 6) is 0. The number of hydrogen-bond donors (Lipinski definition) is 2. The first-order valence-electron chi connectivity index (χ1n) is 6.00. The first kappa shape index (κ1) is 15.0. The van der Waals surface area contributed by atoms with Crippen LogP contribution in [-0.2, 0) is 16.6 Å². The van der Waals surface area contributed by atoms with Gasteiger partial charge in [0.15, 0.2) is 0 Å². The lowest BCUT2D eigenvalue weighted by molar-refractivity contribution is 0.580. The highest BCUT2D eigenvalue weighted by molar-refractivity contribution is 9.10. The normalized spacial score (nSPS) is 11.5. The summed E-state index contributed by atoms with van der Waals surface area (Å²) in [7, 11) is -3.58. The van der Waals surface area contributed by atoms with Crippen molar-refractivity contribution >= 4 is 31.6 Å². The van der Waals surface area contributed by atoms with E-state index in [4.69, 9.17) is 5.73 Å². The first-order chi connectivity index (χ1) is 9.42. The van der Waals surface area contributed by atoms with Gasteiger partial charge >= 0.3 is 0 Å². The summed E-state index contributed by atoms with van der Waals surface area (Å²) in [6.07, 6.45) is 0. The summed E-state index contributed by atoms with van der Waals surface area (Å²) >= 11 is 3.39. The Morgan fingerprint density at radius 1 is 1.15 bits per heavy atom. The highest BCUT2D eigenvalue weighted by Crippen LogP contribution is 2.21. The Bertz CT molecular complexity index is 730. The van der Waals surface area contributed by atoms with Crippen molar-refractivity contribution in [2.75, 3.05) is 5.73 Å². The Morgan fingerprint density at radius 2 is 1.85 bits per heavy atom. The summed E-state index contributed by atoms with van der Waals surface area (Å²) in [6.45, 7) is 1.92. The molecule has 20 heavy (non-hydrogen) atoms. The fourth-order valence-electron chi connectivity index (χ4n) is 1.81. The third-order valence-corrected chi connectivity index (χ3v) is 5.35. The van der Waals surface area contributed by atoms with Crippen LogP contribution in [0.4, 0.5) is 5.69 Å². The maximum atomic E-state index is 12.3. The quantitative estimate of drug-likeness (QED) is 0.829.